The topological polar surface area (TPSA) is 71.2 Å². The van der Waals surface area contributed by atoms with Crippen molar-refractivity contribution < 1.29 is 9.90 Å². The van der Waals surface area contributed by atoms with Crippen molar-refractivity contribution in [3.63, 3.8) is 0 Å². The van der Waals surface area contributed by atoms with Crippen LogP contribution in [0.2, 0.25) is 0 Å². The fraction of sp³-hybridized carbons (Fsp3) is 0.400. The molecule has 1 aliphatic heterocycles. The zero-order valence-electron chi connectivity index (χ0n) is 11.8. The van der Waals surface area contributed by atoms with Crippen LogP contribution in [0, 0.1) is 0 Å². The first kappa shape index (κ1) is 13.8. The molecule has 3 rings (SSSR count). The van der Waals surface area contributed by atoms with Gasteiger partial charge in [0, 0.05) is 19.6 Å². The lowest BCUT2D eigenvalue weighted by molar-refractivity contribution is 0.0690. The third-order valence-electron chi connectivity index (χ3n) is 3.92. The maximum Gasteiger partial charge on any atom is 0.358 e. The summed E-state index contributed by atoms with van der Waals surface area (Å²) >= 11 is 0. The molecule has 1 aromatic heterocycles. The number of nitrogens with zero attached hydrogens (tertiary/aromatic N) is 4. The van der Waals surface area contributed by atoms with Crippen molar-refractivity contribution in [3.05, 3.63) is 47.3 Å². The first-order valence-corrected chi connectivity index (χ1v) is 7.15. The zero-order valence-corrected chi connectivity index (χ0v) is 11.8. The fourth-order valence-corrected chi connectivity index (χ4v) is 2.69. The third kappa shape index (κ3) is 3.28. The van der Waals surface area contributed by atoms with E-state index in [2.05, 4.69) is 39.5 Å². The molecule has 6 nitrogen and oxygen atoms in total. The van der Waals surface area contributed by atoms with Crippen LogP contribution >= 0.6 is 0 Å². The van der Waals surface area contributed by atoms with E-state index in [1.807, 2.05) is 0 Å². The number of carboxylic acids is 1. The van der Waals surface area contributed by atoms with Crippen molar-refractivity contribution >= 4 is 5.97 Å². The largest absolute Gasteiger partial charge is 0.476 e. The molecule has 0 bridgehead atoms. The Kier molecular flexibility index (Phi) is 3.96. The van der Waals surface area contributed by atoms with Crippen LogP contribution < -0.4 is 0 Å². The van der Waals surface area contributed by atoms with Crippen LogP contribution in [-0.2, 0) is 19.4 Å². The first-order valence-electron chi connectivity index (χ1n) is 7.15. The molecule has 0 unspecified atom stereocenters. The van der Waals surface area contributed by atoms with E-state index in [1.54, 1.807) is 4.68 Å². The number of fused-ring (bicyclic) bond motifs is 1. The quantitative estimate of drug-likeness (QED) is 0.910. The minimum absolute atomic E-state index is 0.00160. The summed E-state index contributed by atoms with van der Waals surface area (Å²) in [6.07, 6.45) is 3.61. The second-order valence-corrected chi connectivity index (χ2v) is 5.28. The number of hydrogen-bond acceptors (Lipinski definition) is 4. The SMILES string of the molecule is O=C(O)c1cn(CCN2CCc3ccccc3CC2)nn1. The lowest BCUT2D eigenvalue weighted by atomic mass is 10.0. The van der Waals surface area contributed by atoms with Gasteiger partial charge in [0.2, 0.25) is 0 Å². The van der Waals surface area contributed by atoms with Crippen LogP contribution in [0.1, 0.15) is 21.6 Å². The lowest BCUT2D eigenvalue weighted by Crippen LogP contribution is -2.30. The second-order valence-electron chi connectivity index (χ2n) is 5.28. The number of carbonyl (C=O) groups is 1. The molecule has 110 valence electrons. The molecule has 1 N–H and O–H groups in total. The minimum Gasteiger partial charge on any atom is -0.476 e. The molecular weight excluding hydrogens is 268 g/mol. The van der Waals surface area contributed by atoms with Gasteiger partial charge in [0.05, 0.1) is 12.7 Å². The number of aromatic nitrogens is 3. The number of carboxylic acid groups (broad SMARTS) is 1. The Morgan fingerprint density at radius 2 is 1.81 bits per heavy atom. The lowest BCUT2D eigenvalue weighted by Gasteiger charge is -2.19. The van der Waals surface area contributed by atoms with Gasteiger partial charge in [0.1, 0.15) is 0 Å². The van der Waals surface area contributed by atoms with Gasteiger partial charge >= 0.3 is 5.97 Å². The maximum absolute atomic E-state index is 10.8. The highest BCUT2D eigenvalue weighted by molar-refractivity contribution is 5.84. The van der Waals surface area contributed by atoms with E-state index in [9.17, 15) is 4.79 Å². The van der Waals surface area contributed by atoms with Crippen LogP contribution in [0.4, 0.5) is 0 Å². The van der Waals surface area contributed by atoms with Crippen LogP contribution in [-0.4, -0.2) is 50.6 Å². The molecule has 1 aromatic carbocycles. The average Bonchev–Trinajstić information content (AvgIpc) is 2.87. The normalized spacial score (nSPS) is 15.4. The smallest absolute Gasteiger partial charge is 0.358 e. The van der Waals surface area contributed by atoms with Gasteiger partial charge in [-0.3, -0.25) is 4.68 Å². The highest BCUT2D eigenvalue weighted by atomic mass is 16.4. The summed E-state index contributed by atoms with van der Waals surface area (Å²) < 4.78 is 1.60. The monoisotopic (exact) mass is 286 g/mol. The highest BCUT2D eigenvalue weighted by Gasteiger charge is 2.14. The molecule has 0 fully saturated rings. The predicted octanol–water partition coefficient (Wildman–Crippen LogP) is 1.08. The molecule has 0 saturated carbocycles. The van der Waals surface area contributed by atoms with E-state index >= 15 is 0 Å². The fourth-order valence-electron chi connectivity index (χ4n) is 2.69. The maximum atomic E-state index is 10.8. The predicted molar refractivity (Wildman–Crippen MR) is 77.3 cm³/mol. The highest BCUT2D eigenvalue weighted by Crippen LogP contribution is 2.15. The molecule has 21 heavy (non-hydrogen) atoms. The van der Waals surface area contributed by atoms with Crippen molar-refractivity contribution in [1.29, 1.82) is 0 Å². The van der Waals surface area contributed by atoms with Gasteiger partial charge in [-0.05, 0) is 24.0 Å². The van der Waals surface area contributed by atoms with E-state index in [0.29, 0.717) is 6.54 Å². The Morgan fingerprint density at radius 1 is 1.14 bits per heavy atom. The first-order chi connectivity index (χ1) is 10.2. The Morgan fingerprint density at radius 3 is 2.38 bits per heavy atom. The zero-order chi connectivity index (χ0) is 14.7. The molecule has 2 heterocycles. The molecule has 1 aliphatic rings. The van der Waals surface area contributed by atoms with Gasteiger partial charge in [-0.1, -0.05) is 29.5 Å². The van der Waals surface area contributed by atoms with Gasteiger partial charge in [0.25, 0.3) is 0 Å². The van der Waals surface area contributed by atoms with Crippen molar-refractivity contribution in [2.75, 3.05) is 19.6 Å². The molecular formula is C15H18N4O2. The number of benzene rings is 1. The van der Waals surface area contributed by atoms with E-state index in [0.717, 1.165) is 32.5 Å². The van der Waals surface area contributed by atoms with E-state index in [-0.39, 0.29) is 5.69 Å². The molecule has 0 aliphatic carbocycles. The average molecular weight is 286 g/mol. The van der Waals surface area contributed by atoms with E-state index < -0.39 is 5.97 Å². The van der Waals surface area contributed by atoms with Crippen molar-refractivity contribution in [1.82, 2.24) is 19.9 Å². The number of hydrogen-bond donors (Lipinski definition) is 1. The third-order valence-corrected chi connectivity index (χ3v) is 3.92. The van der Waals surface area contributed by atoms with Crippen molar-refractivity contribution in [2.24, 2.45) is 0 Å². The van der Waals surface area contributed by atoms with Gasteiger partial charge < -0.3 is 10.0 Å². The summed E-state index contributed by atoms with van der Waals surface area (Å²) in [5.41, 5.74) is 2.88. The van der Waals surface area contributed by atoms with Crippen molar-refractivity contribution in [2.45, 2.75) is 19.4 Å². The summed E-state index contributed by atoms with van der Waals surface area (Å²) in [5.74, 6) is -1.04. The molecule has 0 amide bonds. The number of aromatic carboxylic acids is 1. The van der Waals surface area contributed by atoms with Crippen LogP contribution in [0.25, 0.3) is 0 Å². The Bertz CT molecular complexity index is 611. The summed E-state index contributed by atoms with van der Waals surface area (Å²) in [6.45, 7) is 3.57. The standard InChI is InChI=1S/C15H18N4O2/c20-15(21)14-11-19(17-16-14)10-9-18-7-5-12-3-1-2-4-13(12)6-8-18/h1-4,11H,5-10H2,(H,20,21). The van der Waals surface area contributed by atoms with E-state index in [4.69, 9.17) is 5.11 Å². The Balaban J connectivity index is 1.56. The van der Waals surface area contributed by atoms with E-state index in [1.165, 1.54) is 17.3 Å². The molecule has 0 spiro atoms. The van der Waals surface area contributed by atoms with Crippen LogP contribution in [0.5, 0.6) is 0 Å². The molecule has 6 heteroatoms. The molecule has 0 atom stereocenters. The van der Waals surface area contributed by atoms with Gasteiger partial charge in [-0.2, -0.15) is 0 Å². The van der Waals surface area contributed by atoms with Crippen LogP contribution in [0.3, 0.4) is 0 Å². The molecule has 0 saturated heterocycles. The number of rotatable bonds is 4. The summed E-state index contributed by atoms with van der Waals surface area (Å²) in [5, 5.41) is 16.3. The summed E-state index contributed by atoms with van der Waals surface area (Å²) in [7, 11) is 0. The summed E-state index contributed by atoms with van der Waals surface area (Å²) in [4.78, 5) is 13.2. The summed E-state index contributed by atoms with van der Waals surface area (Å²) in [6, 6.07) is 8.60. The van der Waals surface area contributed by atoms with Gasteiger partial charge in [0.15, 0.2) is 5.69 Å². The van der Waals surface area contributed by atoms with Crippen LogP contribution in [0.15, 0.2) is 30.5 Å². The minimum atomic E-state index is -1.04. The van der Waals surface area contributed by atoms with Gasteiger partial charge in [-0.25, -0.2) is 4.79 Å². The molecule has 2 aromatic rings. The molecule has 0 radical (unpaired) electrons. The van der Waals surface area contributed by atoms with Crippen molar-refractivity contribution in [3.8, 4) is 0 Å². The Hall–Kier alpha value is -2.21. The second kappa shape index (κ2) is 6.05. The Labute approximate surface area is 123 Å². The van der Waals surface area contributed by atoms with Gasteiger partial charge in [-0.15, -0.1) is 5.10 Å².